The zero-order chi connectivity index (χ0) is 8.27. The van der Waals surface area contributed by atoms with Crippen LogP contribution in [0.5, 0.6) is 0 Å². The molecule has 0 aromatic rings. The zero-order valence-electron chi connectivity index (χ0n) is 7.09. The summed E-state index contributed by atoms with van der Waals surface area (Å²) in [5.74, 6) is 0.506. The van der Waals surface area contributed by atoms with Crippen molar-refractivity contribution >= 4 is 5.78 Å². The van der Waals surface area contributed by atoms with Crippen molar-refractivity contribution in [3.05, 3.63) is 0 Å². The Hall–Kier alpha value is -0.410. The first-order chi connectivity index (χ1) is 5.24. The van der Waals surface area contributed by atoms with Crippen LogP contribution in [0.15, 0.2) is 0 Å². The van der Waals surface area contributed by atoms with Gasteiger partial charge in [-0.15, -0.1) is 0 Å². The summed E-state index contributed by atoms with van der Waals surface area (Å²) >= 11 is 0. The second kappa shape index (κ2) is 3.83. The van der Waals surface area contributed by atoms with Crippen LogP contribution >= 0.6 is 0 Å². The summed E-state index contributed by atoms with van der Waals surface area (Å²) in [6.07, 6.45) is 0.934. The lowest BCUT2D eigenvalue weighted by molar-refractivity contribution is -0.120. The number of Topliss-reactive ketones (excluding diaryl/α,β-unsaturated/α-hetero) is 1. The van der Waals surface area contributed by atoms with Gasteiger partial charge in [0.15, 0.2) is 0 Å². The second-order valence-electron chi connectivity index (χ2n) is 3.10. The lowest BCUT2D eigenvalue weighted by Crippen LogP contribution is -2.25. The molecule has 11 heavy (non-hydrogen) atoms. The largest absolute Gasteiger partial charge is 0.383 e. The summed E-state index contributed by atoms with van der Waals surface area (Å²) in [5, 5.41) is 3.24. The van der Waals surface area contributed by atoms with Gasteiger partial charge in [0, 0.05) is 25.6 Å². The van der Waals surface area contributed by atoms with E-state index in [1.54, 1.807) is 14.0 Å². The maximum absolute atomic E-state index is 10.9. The number of hydrogen-bond donors (Lipinski definition) is 1. The molecule has 0 radical (unpaired) electrons. The van der Waals surface area contributed by atoms with Gasteiger partial charge in [-0.2, -0.15) is 0 Å². The molecule has 1 N–H and O–H groups in total. The van der Waals surface area contributed by atoms with Crippen molar-refractivity contribution < 1.29 is 9.53 Å². The fraction of sp³-hybridized carbons (Fsp3) is 0.875. The predicted octanol–water partition coefficient (Wildman–Crippen LogP) is 0.200. The molecular weight excluding hydrogens is 142 g/mol. The summed E-state index contributed by atoms with van der Waals surface area (Å²) in [4.78, 5) is 10.9. The van der Waals surface area contributed by atoms with E-state index in [1.165, 1.54) is 0 Å². The fourth-order valence-corrected chi connectivity index (χ4v) is 1.46. The van der Waals surface area contributed by atoms with Crippen LogP contribution in [0.3, 0.4) is 0 Å². The van der Waals surface area contributed by atoms with Crippen molar-refractivity contribution in [2.75, 3.05) is 20.3 Å². The molecule has 0 aromatic heterocycles. The van der Waals surface area contributed by atoms with Gasteiger partial charge in [-0.25, -0.2) is 0 Å². The molecule has 0 aliphatic carbocycles. The van der Waals surface area contributed by atoms with Gasteiger partial charge in [-0.05, 0) is 13.3 Å². The SMILES string of the molecule is COC[C@@H]1C[C@@H](C(C)=O)CN1. The molecule has 0 aromatic carbocycles. The van der Waals surface area contributed by atoms with Crippen molar-refractivity contribution in [2.45, 2.75) is 19.4 Å². The number of carbonyl (C=O) groups is 1. The minimum atomic E-state index is 0.218. The molecule has 0 amide bonds. The van der Waals surface area contributed by atoms with Crippen LogP contribution in [0.1, 0.15) is 13.3 Å². The lowest BCUT2D eigenvalue weighted by atomic mass is 10.0. The molecule has 2 atom stereocenters. The fourth-order valence-electron chi connectivity index (χ4n) is 1.46. The molecule has 1 aliphatic rings. The highest BCUT2D eigenvalue weighted by atomic mass is 16.5. The highest BCUT2D eigenvalue weighted by Gasteiger charge is 2.26. The van der Waals surface area contributed by atoms with Crippen molar-refractivity contribution in [1.82, 2.24) is 5.32 Å². The highest BCUT2D eigenvalue weighted by molar-refractivity contribution is 5.78. The molecule has 64 valence electrons. The second-order valence-corrected chi connectivity index (χ2v) is 3.10. The summed E-state index contributed by atoms with van der Waals surface area (Å²) < 4.78 is 4.98. The molecule has 0 spiro atoms. The summed E-state index contributed by atoms with van der Waals surface area (Å²) in [6, 6.07) is 0.383. The van der Waals surface area contributed by atoms with Crippen molar-refractivity contribution in [1.29, 1.82) is 0 Å². The quantitative estimate of drug-likeness (QED) is 0.636. The zero-order valence-corrected chi connectivity index (χ0v) is 7.09. The average molecular weight is 157 g/mol. The molecule has 1 saturated heterocycles. The normalized spacial score (nSPS) is 30.7. The van der Waals surface area contributed by atoms with E-state index in [9.17, 15) is 4.79 Å². The van der Waals surface area contributed by atoms with Gasteiger partial charge >= 0.3 is 0 Å². The summed E-state index contributed by atoms with van der Waals surface area (Å²) in [6.45, 7) is 3.19. The van der Waals surface area contributed by atoms with E-state index in [0.717, 1.165) is 13.0 Å². The van der Waals surface area contributed by atoms with Gasteiger partial charge in [-0.1, -0.05) is 0 Å². The molecule has 1 rings (SSSR count). The summed E-state index contributed by atoms with van der Waals surface area (Å²) in [5.41, 5.74) is 0. The molecule has 0 bridgehead atoms. The molecule has 1 aliphatic heterocycles. The van der Waals surface area contributed by atoms with Crippen molar-refractivity contribution in [3.8, 4) is 0 Å². The van der Waals surface area contributed by atoms with Crippen molar-refractivity contribution in [2.24, 2.45) is 5.92 Å². The van der Waals surface area contributed by atoms with E-state index in [0.29, 0.717) is 12.6 Å². The van der Waals surface area contributed by atoms with Gasteiger partial charge in [0.25, 0.3) is 0 Å². The molecule has 1 fully saturated rings. The van der Waals surface area contributed by atoms with E-state index in [1.807, 2.05) is 0 Å². The maximum Gasteiger partial charge on any atom is 0.134 e. The standard InChI is InChI=1S/C8H15NO2/c1-6(10)7-3-8(5-11-2)9-4-7/h7-9H,3-5H2,1-2H3/t7-,8+/m1/s1. The first-order valence-corrected chi connectivity index (χ1v) is 3.96. The van der Waals surface area contributed by atoms with Crippen LogP contribution in [0.4, 0.5) is 0 Å². The van der Waals surface area contributed by atoms with Gasteiger partial charge in [0.05, 0.1) is 6.61 Å². The van der Waals surface area contributed by atoms with Crippen LogP contribution in [0, 0.1) is 5.92 Å². The van der Waals surface area contributed by atoms with Gasteiger partial charge in [0.2, 0.25) is 0 Å². The Morgan fingerprint density at radius 1 is 1.73 bits per heavy atom. The number of ketones is 1. The third kappa shape index (κ3) is 2.27. The Morgan fingerprint density at radius 3 is 2.91 bits per heavy atom. The Balaban J connectivity index is 2.29. The Bertz CT molecular complexity index is 147. The third-order valence-electron chi connectivity index (χ3n) is 2.16. The molecule has 3 heteroatoms. The molecule has 0 saturated carbocycles. The van der Waals surface area contributed by atoms with E-state index < -0.39 is 0 Å². The number of rotatable bonds is 3. The van der Waals surface area contributed by atoms with Gasteiger partial charge in [0.1, 0.15) is 5.78 Å². The van der Waals surface area contributed by atoms with Crippen LogP contribution in [0.25, 0.3) is 0 Å². The minimum absolute atomic E-state index is 0.218. The first kappa shape index (κ1) is 8.68. The number of methoxy groups -OCH3 is 1. The van der Waals surface area contributed by atoms with E-state index in [-0.39, 0.29) is 11.7 Å². The maximum atomic E-state index is 10.9. The van der Waals surface area contributed by atoms with Gasteiger partial charge < -0.3 is 10.1 Å². The highest BCUT2D eigenvalue weighted by Crippen LogP contribution is 2.14. The molecule has 0 unspecified atom stereocenters. The van der Waals surface area contributed by atoms with E-state index >= 15 is 0 Å². The topological polar surface area (TPSA) is 38.3 Å². The number of nitrogens with one attached hydrogen (secondary N) is 1. The minimum Gasteiger partial charge on any atom is -0.383 e. The molecule has 1 heterocycles. The van der Waals surface area contributed by atoms with Crippen LogP contribution in [-0.2, 0) is 9.53 Å². The monoisotopic (exact) mass is 157 g/mol. The van der Waals surface area contributed by atoms with E-state index in [2.05, 4.69) is 5.32 Å². The number of hydrogen-bond acceptors (Lipinski definition) is 3. The molecular formula is C8H15NO2. The van der Waals surface area contributed by atoms with E-state index in [4.69, 9.17) is 4.74 Å². The molecule has 3 nitrogen and oxygen atoms in total. The Kier molecular flexibility index (Phi) is 3.02. The smallest absolute Gasteiger partial charge is 0.134 e. The Morgan fingerprint density at radius 2 is 2.45 bits per heavy atom. The third-order valence-corrected chi connectivity index (χ3v) is 2.16. The van der Waals surface area contributed by atoms with Crippen LogP contribution in [0.2, 0.25) is 0 Å². The van der Waals surface area contributed by atoms with Gasteiger partial charge in [-0.3, -0.25) is 4.79 Å². The lowest BCUT2D eigenvalue weighted by Gasteiger charge is -2.06. The van der Waals surface area contributed by atoms with Crippen LogP contribution < -0.4 is 5.32 Å². The predicted molar refractivity (Wildman–Crippen MR) is 42.5 cm³/mol. The average Bonchev–Trinajstić information content (AvgIpc) is 2.37. The van der Waals surface area contributed by atoms with Crippen LogP contribution in [-0.4, -0.2) is 32.1 Å². The summed E-state index contributed by atoms with van der Waals surface area (Å²) in [7, 11) is 1.68. The first-order valence-electron chi connectivity index (χ1n) is 3.96. The number of carbonyl (C=O) groups excluding carboxylic acids is 1. The Labute approximate surface area is 67.1 Å². The number of ether oxygens (including phenoxy) is 1. The van der Waals surface area contributed by atoms with Crippen molar-refractivity contribution in [3.63, 3.8) is 0 Å².